The van der Waals surface area contributed by atoms with Crippen molar-refractivity contribution >= 4 is 22.9 Å². The largest absolute Gasteiger partial charge is 0.383 e. The number of imidazole rings is 1. The molecule has 9 nitrogen and oxygen atoms in total. The van der Waals surface area contributed by atoms with Crippen molar-refractivity contribution < 1.29 is 0 Å². The number of hydrogen-bond donors (Lipinski definition) is 1. The van der Waals surface area contributed by atoms with Crippen LogP contribution in [0.15, 0.2) is 104 Å². The summed E-state index contributed by atoms with van der Waals surface area (Å²) in [4.78, 5) is 28.5. The van der Waals surface area contributed by atoms with E-state index in [1.165, 1.54) is 18.4 Å². The van der Waals surface area contributed by atoms with Crippen molar-refractivity contribution in [2.24, 2.45) is 0 Å². The minimum atomic E-state index is 0.439. The van der Waals surface area contributed by atoms with Gasteiger partial charge in [-0.05, 0) is 60.9 Å². The van der Waals surface area contributed by atoms with E-state index in [0.29, 0.717) is 17.9 Å². The zero-order chi connectivity index (χ0) is 28.8. The van der Waals surface area contributed by atoms with Gasteiger partial charge in [-0.1, -0.05) is 42.5 Å². The van der Waals surface area contributed by atoms with Crippen molar-refractivity contribution in [2.75, 3.05) is 23.7 Å². The number of rotatable bonds is 6. The van der Waals surface area contributed by atoms with Crippen LogP contribution in [0.1, 0.15) is 18.4 Å². The predicted octanol–water partition coefficient (Wildman–Crippen LogP) is 5.37. The number of pyridine rings is 2. The lowest BCUT2D eigenvalue weighted by Crippen LogP contribution is -2.54. The van der Waals surface area contributed by atoms with Gasteiger partial charge < -0.3 is 10.6 Å². The molecule has 9 heteroatoms. The first kappa shape index (κ1) is 25.6. The van der Waals surface area contributed by atoms with Crippen LogP contribution in [-0.2, 0) is 6.54 Å². The second-order valence-corrected chi connectivity index (χ2v) is 11.3. The highest BCUT2D eigenvalue weighted by molar-refractivity contribution is 5.84. The molecule has 8 rings (SSSR count). The lowest BCUT2D eigenvalue weighted by atomic mass is 10.1. The van der Waals surface area contributed by atoms with Crippen LogP contribution in [0, 0.1) is 0 Å². The Hall–Kier alpha value is -5.15. The van der Waals surface area contributed by atoms with E-state index in [1.807, 2.05) is 60.9 Å². The Labute approximate surface area is 249 Å². The van der Waals surface area contributed by atoms with Gasteiger partial charge in [0.25, 0.3) is 0 Å². The van der Waals surface area contributed by atoms with Gasteiger partial charge in [-0.15, -0.1) is 0 Å². The molecular formula is C34H31N9. The molecule has 212 valence electrons. The number of likely N-dealkylation sites (tertiary alicyclic amines) is 1. The van der Waals surface area contributed by atoms with Gasteiger partial charge in [0.15, 0.2) is 11.5 Å². The average molecular weight is 566 g/mol. The lowest BCUT2D eigenvalue weighted by Gasteiger charge is -2.41. The van der Waals surface area contributed by atoms with E-state index in [9.17, 15) is 0 Å². The fraction of sp³-hybridized carbons (Fsp3) is 0.206. The maximum Gasteiger partial charge on any atom is 0.225 e. The number of hydrogen-bond acceptors (Lipinski definition) is 8. The van der Waals surface area contributed by atoms with Gasteiger partial charge in [0.1, 0.15) is 11.3 Å². The molecule has 6 aromatic rings. The molecule has 2 fully saturated rings. The molecule has 2 aliphatic heterocycles. The van der Waals surface area contributed by atoms with Crippen LogP contribution < -0.4 is 10.6 Å². The normalized spacial score (nSPS) is 18.4. The van der Waals surface area contributed by atoms with Crippen LogP contribution in [-0.4, -0.2) is 59.6 Å². The van der Waals surface area contributed by atoms with Crippen molar-refractivity contribution in [2.45, 2.75) is 31.5 Å². The number of benzene rings is 2. The summed E-state index contributed by atoms with van der Waals surface area (Å²) in [5.41, 5.74) is 12.9. The molecule has 2 aromatic carbocycles. The van der Waals surface area contributed by atoms with Crippen LogP contribution in [0.2, 0.25) is 0 Å². The maximum atomic E-state index is 6.34. The molecule has 2 atom stereocenters. The third-order valence-corrected chi connectivity index (χ3v) is 8.60. The van der Waals surface area contributed by atoms with Gasteiger partial charge >= 0.3 is 0 Å². The summed E-state index contributed by atoms with van der Waals surface area (Å²) < 4.78 is 2.10. The average Bonchev–Trinajstić information content (AvgIpc) is 3.56. The minimum Gasteiger partial charge on any atom is -0.383 e. The van der Waals surface area contributed by atoms with Crippen LogP contribution >= 0.6 is 0 Å². The van der Waals surface area contributed by atoms with Gasteiger partial charge in [0.2, 0.25) is 5.95 Å². The number of fused-ring (bicyclic) bond motifs is 3. The highest BCUT2D eigenvalue weighted by atomic mass is 15.4. The number of aromatic nitrogens is 6. The third kappa shape index (κ3) is 4.67. The van der Waals surface area contributed by atoms with E-state index >= 15 is 0 Å². The Morgan fingerprint density at radius 1 is 0.721 bits per heavy atom. The van der Waals surface area contributed by atoms with Crippen LogP contribution in [0.25, 0.3) is 39.5 Å². The topological polar surface area (TPSA) is 102 Å². The van der Waals surface area contributed by atoms with E-state index in [0.717, 1.165) is 65.1 Å². The zero-order valence-corrected chi connectivity index (χ0v) is 23.7. The van der Waals surface area contributed by atoms with Crippen molar-refractivity contribution in [1.29, 1.82) is 0 Å². The molecule has 0 aliphatic carbocycles. The highest BCUT2D eigenvalue weighted by Gasteiger charge is 2.41. The molecule has 2 N–H and O–H groups in total. The molecule has 43 heavy (non-hydrogen) atoms. The first-order valence-corrected chi connectivity index (χ1v) is 14.7. The van der Waals surface area contributed by atoms with E-state index in [2.05, 4.69) is 65.7 Å². The molecule has 2 bridgehead atoms. The summed E-state index contributed by atoms with van der Waals surface area (Å²) in [6, 6.07) is 29.6. The molecule has 2 saturated heterocycles. The quantitative estimate of drug-likeness (QED) is 0.287. The van der Waals surface area contributed by atoms with E-state index in [1.54, 1.807) is 6.20 Å². The summed E-state index contributed by atoms with van der Waals surface area (Å²) in [6.07, 6.45) is 7.75. The molecular weight excluding hydrogens is 534 g/mol. The first-order valence-electron chi connectivity index (χ1n) is 14.7. The van der Waals surface area contributed by atoms with Gasteiger partial charge in [0.05, 0.1) is 11.3 Å². The van der Waals surface area contributed by atoms with Gasteiger partial charge in [-0.2, -0.15) is 0 Å². The second-order valence-electron chi connectivity index (χ2n) is 11.3. The SMILES string of the molecule is Nc1ncccc1-c1nc2ccc(-c3ccccc3)nc2n1-c1ccc(CN2CC3CCC(C2)N3c2ncccn2)cc1. The number of nitrogen functional groups attached to an aromatic ring is 1. The Morgan fingerprint density at radius 2 is 1.47 bits per heavy atom. The fourth-order valence-electron chi connectivity index (χ4n) is 6.64. The zero-order valence-electron chi connectivity index (χ0n) is 23.7. The fourth-order valence-corrected chi connectivity index (χ4v) is 6.64. The van der Waals surface area contributed by atoms with E-state index < -0.39 is 0 Å². The molecule has 2 aliphatic rings. The number of anilines is 2. The Morgan fingerprint density at radius 3 is 2.21 bits per heavy atom. The standard InChI is InChI=1S/C34H31N9/c35-31-28(8-4-17-36-31)32-40-30-16-15-29(24-6-2-1-3-7-24)39-33(30)43(32)25-11-9-23(10-12-25)20-41-21-26-13-14-27(22-41)42(26)34-37-18-5-19-38-34/h1-12,15-19,26-27H,13-14,20-22H2,(H2,35,36). The van der Waals surface area contributed by atoms with Crippen LogP contribution in [0.4, 0.5) is 11.8 Å². The Kier molecular flexibility index (Phi) is 6.30. The third-order valence-electron chi connectivity index (χ3n) is 8.60. The van der Waals surface area contributed by atoms with Crippen molar-refractivity contribution in [3.05, 3.63) is 109 Å². The van der Waals surface area contributed by atoms with Crippen molar-refractivity contribution in [3.8, 4) is 28.3 Å². The van der Waals surface area contributed by atoms with Crippen LogP contribution in [0.5, 0.6) is 0 Å². The lowest BCUT2D eigenvalue weighted by molar-refractivity contribution is 0.210. The minimum absolute atomic E-state index is 0.439. The van der Waals surface area contributed by atoms with Crippen molar-refractivity contribution in [3.63, 3.8) is 0 Å². The smallest absolute Gasteiger partial charge is 0.225 e. The Balaban J connectivity index is 1.11. The first-order chi connectivity index (χ1) is 21.2. The maximum absolute atomic E-state index is 6.34. The summed E-state index contributed by atoms with van der Waals surface area (Å²) >= 11 is 0. The molecule has 2 unspecified atom stereocenters. The second kappa shape index (κ2) is 10.6. The predicted molar refractivity (Wildman–Crippen MR) is 169 cm³/mol. The van der Waals surface area contributed by atoms with Gasteiger partial charge in [0, 0.05) is 61.6 Å². The molecule has 4 aromatic heterocycles. The highest BCUT2D eigenvalue weighted by Crippen LogP contribution is 2.34. The monoisotopic (exact) mass is 565 g/mol. The van der Waals surface area contributed by atoms with E-state index in [-0.39, 0.29) is 0 Å². The molecule has 0 amide bonds. The summed E-state index contributed by atoms with van der Waals surface area (Å²) in [5.74, 6) is 2.02. The molecule has 0 spiro atoms. The molecule has 6 heterocycles. The number of piperazine rings is 1. The number of nitrogens with two attached hydrogens (primary N) is 1. The Bertz CT molecular complexity index is 1870. The number of nitrogens with zero attached hydrogens (tertiary/aromatic N) is 8. The van der Waals surface area contributed by atoms with Gasteiger partial charge in [-0.3, -0.25) is 9.47 Å². The molecule has 0 saturated carbocycles. The summed E-state index contributed by atoms with van der Waals surface area (Å²) in [5, 5.41) is 0. The van der Waals surface area contributed by atoms with Crippen LogP contribution in [0.3, 0.4) is 0 Å². The molecule has 0 radical (unpaired) electrons. The summed E-state index contributed by atoms with van der Waals surface area (Å²) in [7, 11) is 0. The van der Waals surface area contributed by atoms with Crippen molar-refractivity contribution in [1.82, 2.24) is 34.4 Å². The van der Waals surface area contributed by atoms with Gasteiger partial charge in [-0.25, -0.2) is 24.9 Å². The summed E-state index contributed by atoms with van der Waals surface area (Å²) in [6.45, 7) is 2.93. The van der Waals surface area contributed by atoms with E-state index in [4.69, 9.17) is 15.7 Å².